The zero-order valence-corrected chi connectivity index (χ0v) is 48.8. The monoisotopic (exact) mass is 1180 g/mol. The maximum atomic E-state index is 14.7. The van der Waals surface area contributed by atoms with E-state index in [0.717, 1.165) is 118 Å². The van der Waals surface area contributed by atoms with Crippen LogP contribution < -0.4 is 35.6 Å². The number of likely N-dealkylation sites (tertiary alicyclic amines) is 1. The van der Waals surface area contributed by atoms with Crippen molar-refractivity contribution >= 4 is 60.9 Å². The number of nitrogens with two attached hydrogens (primary N) is 1. The molecule has 0 radical (unpaired) electrons. The van der Waals surface area contributed by atoms with Crippen molar-refractivity contribution < 1.29 is 49.8 Å². The first kappa shape index (κ1) is 61.2. The molecule has 444 valence electrons. The average Bonchev–Trinajstić information content (AvgIpc) is 4.26. The molecule has 4 fully saturated rings. The maximum absolute atomic E-state index is 14.7. The van der Waals surface area contributed by atoms with Gasteiger partial charge in [-0.05, 0) is 98.2 Å². The number of piperidine rings is 2. The normalized spacial score (nSPS) is 20.4. The molecule has 2 amide bonds. The summed E-state index contributed by atoms with van der Waals surface area (Å²) in [6.07, 6.45) is 13.1. The Labute approximate surface area is 476 Å². The van der Waals surface area contributed by atoms with Crippen molar-refractivity contribution in [2.45, 2.75) is 128 Å². The van der Waals surface area contributed by atoms with Crippen LogP contribution in [0.4, 0.5) is 25.2 Å². The number of hydrogen-bond donors (Lipinski definition) is 6. The van der Waals surface area contributed by atoms with Gasteiger partial charge in [0.2, 0.25) is 26.0 Å². The third-order valence-corrected chi connectivity index (χ3v) is 15.7. The fourth-order valence-electron chi connectivity index (χ4n) is 10.6. The summed E-state index contributed by atoms with van der Waals surface area (Å²) in [6.45, 7) is 14.3. The van der Waals surface area contributed by atoms with Crippen LogP contribution in [0.15, 0.2) is 73.1 Å². The van der Waals surface area contributed by atoms with E-state index in [1.807, 2.05) is 49.2 Å². The van der Waals surface area contributed by atoms with Crippen LogP contribution in [0.3, 0.4) is 0 Å². The quantitative estimate of drug-likeness (QED) is 0.0830. The Kier molecular flexibility index (Phi) is 19.2. The van der Waals surface area contributed by atoms with Crippen molar-refractivity contribution in [3.63, 3.8) is 0 Å². The summed E-state index contributed by atoms with van der Waals surface area (Å²) in [5, 5.41) is 24.9. The number of carbonyl (C=O) groups is 3. The van der Waals surface area contributed by atoms with Gasteiger partial charge >= 0.3 is 12.1 Å². The second kappa shape index (κ2) is 25.7. The molecule has 4 aliphatic heterocycles. The number of benzene rings is 2. The smallest absolute Gasteiger partial charge is 0.407 e. The van der Waals surface area contributed by atoms with Crippen molar-refractivity contribution in [2.75, 3.05) is 61.6 Å². The Balaban J connectivity index is 0.000000174. The number of fused-ring (bicyclic) bond motifs is 2. The first-order valence-corrected chi connectivity index (χ1v) is 31.2. The molecule has 4 saturated heterocycles. The Morgan fingerprint density at radius 2 is 1.27 bits per heavy atom. The number of aromatic nitrogens is 6. The Hall–Kier alpha value is -6.91. The molecule has 0 bridgehead atoms. The van der Waals surface area contributed by atoms with Crippen LogP contribution in [0, 0.1) is 25.5 Å². The third-order valence-electron chi connectivity index (χ3n) is 14.4. The molecule has 4 aliphatic rings. The number of sulfonamides is 2. The van der Waals surface area contributed by atoms with Gasteiger partial charge in [0.1, 0.15) is 41.0 Å². The molecule has 4 aromatic heterocycles. The molecule has 0 aliphatic carbocycles. The number of nitrogens with zero attached hydrogens (tertiary/aromatic N) is 9. The number of aryl methyl sites for hydroxylation is 2. The molecule has 0 spiro atoms. The lowest BCUT2D eigenvalue weighted by atomic mass is 9.97. The molecular weight excluding hydrogens is 1100 g/mol. The van der Waals surface area contributed by atoms with E-state index >= 15 is 0 Å². The molecule has 8 heterocycles. The lowest BCUT2D eigenvalue weighted by Gasteiger charge is -2.37. The Morgan fingerprint density at radius 1 is 0.732 bits per heavy atom. The molecular formula is C55H74F2N14O9S2. The highest BCUT2D eigenvalue weighted by Crippen LogP contribution is 2.35. The predicted molar refractivity (Wildman–Crippen MR) is 305 cm³/mol. The molecule has 7 N–H and O–H groups in total. The minimum Gasteiger partial charge on any atom is -0.480 e. The van der Waals surface area contributed by atoms with Crippen LogP contribution in [0.1, 0.15) is 130 Å². The number of rotatable bonds is 13. The van der Waals surface area contributed by atoms with Crippen molar-refractivity contribution in [1.82, 2.24) is 54.2 Å². The van der Waals surface area contributed by atoms with Crippen LogP contribution in [-0.2, 0) is 34.4 Å². The third kappa shape index (κ3) is 15.8. The fraction of sp³-hybridized carbons (Fsp3) is 0.509. The highest BCUT2D eigenvalue weighted by atomic mass is 32.2. The van der Waals surface area contributed by atoms with Crippen molar-refractivity contribution in [3.05, 3.63) is 118 Å². The topological polar surface area (TPSA) is 293 Å². The number of nitrogens with one attached hydrogen (secondary N) is 4. The Bertz CT molecular complexity index is 3500. The van der Waals surface area contributed by atoms with Crippen LogP contribution in [0.25, 0.3) is 11.3 Å². The number of amides is 2. The summed E-state index contributed by atoms with van der Waals surface area (Å²) >= 11 is 0. The number of ether oxygens (including phenoxy) is 1. The molecule has 27 heteroatoms. The molecule has 10 rings (SSSR count). The standard InChI is InChI=1S/C25H32FN7O3S.C21H32N6O2.C9H10FNO4S/c1-16-14-33-22(28-24(16)31-12-10-17(27)15-31)13-20(29-33)21-9-5-6-11-32(21)25(34)23(30-37(2,35)36)18-7-3-4-8-19(18)26;1-14-12-27-18(11-17(25-27)16-7-5-6-9-22-16)24-19(14)26-10-8-15(13-26)23-20(28)29-21(2,3)4;1-16(14,15)11-8(9(12)13)6-4-2-3-5-7(6)10/h3-4,7-8,13-14,17,21,23,30H,5-6,9-12,15,27H2,1-2H3;11-12,15-16,22H,5-10,13H2,1-4H3,(H,23,28);2-5,8,11H,1H3,(H,12,13)/t17-,21-,23?;15-,16-;/m00./s1. The van der Waals surface area contributed by atoms with Crippen molar-refractivity contribution in [2.24, 2.45) is 5.73 Å². The van der Waals surface area contributed by atoms with Crippen LogP contribution in [0.5, 0.6) is 0 Å². The second-order valence-corrected chi connectivity index (χ2v) is 25.9. The second-order valence-electron chi connectivity index (χ2n) is 22.4. The van der Waals surface area contributed by atoms with Crippen LogP contribution >= 0.6 is 0 Å². The van der Waals surface area contributed by atoms with Gasteiger partial charge in [-0.15, -0.1) is 0 Å². The number of anilines is 2. The van der Waals surface area contributed by atoms with E-state index in [4.69, 9.17) is 35.7 Å². The summed E-state index contributed by atoms with van der Waals surface area (Å²) in [6, 6.07) is 11.9. The molecule has 6 atom stereocenters. The molecule has 6 aromatic rings. The molecule has 2 aromatic carbocycles. The molecule has 0 saturated carbocycles. The largest absolute Gasteiger partial charge is 0.480 e. The highest BCUT2D eigenvalue weighted by Gasteiger charge is 2.38. The molecule has 82 heavy (non-hydrogen) atoms. The van der Waals surface area contributed by atoms with Gasteiger partial charge in [-0.3, -0.25) is 9.59 Å². The number of halogens is 2. The average molecular weight is 1180 g/mol. The summed E-state index contributed by atoms with van der Waals surface area (Å²) in [7, 11) is -7.53. The lowest BCUT2D eigenvalue weighted by molar-refractivity contribution is -0.139. The van der Waals surface area contributed by atoms with Gasteiger partial charge in [0.15, 0.2) is 11.3 Å². The minimum atomic E-state index is -3.80. The predicted octanol–water partition coefficient (Wildman–Crippen LogP) is 5.51. The first-order valence-electron chi connectivity index (χ1n) is 27.4. The summed E-state index contributed by atoms with van der Waals surface area (Å²) in [4.78, 5) is 52.5. The summed E-state index contributed by atoms with van der Waals surface area (Å²) in [5.74, 6) is -1.55. The number of carbonyl (C=O) groups excluding carboxylic acids is 2. The highest BCUT2D eigenvalue weighted by molar-refractivity contribution is 7.89. The van der Waals surface area contributed by atoms with Gasteiger partial charge < -0.3 is 40.9 Å². The number of carboxylic acid groups (broad SMARTS) is 1. The van der Waals surface area contributed by atoms with Crippen LogP contribution in [-0.4, -0.2) is 143 Å². The summed E-state index contributed by atoms with van der Waals surface area (Å²) in [5.41, 5.74) is 10.7. The lowest BCUT2D eigenvalue weighted by Crippen LogP contribution is -2.46. The molecule has 23 nitrogen and oxygen atoms in total. The number of hydrogen-bond acceptors (Lipinski definition) is 16. The zero-order valence-electron chi connectivity index (χ0n) is 47.2. The van der Waals surface area contributed by atoms with E-state index in [-0.39, 0.29) is 35.3 Å². The van der Waals surface area contributed by atoms with E-state index in [1.54, 1.807) is 15.5 Å². The van der Waals surface area contributed by atoms with Crippen molar-refractivity contribution in [1.29, 1.82) is 0 Å². The minimum absolute atomic E-state index is 0.0111. The van der Waals surface area contributed by atoms with Gasteiger partial charge in [0.25, 0.3) is 0 Å². The van der Waals surface area contributed by atoms with Crippen LogP contribution in [0.2, 0.25) is 0 Å². The maximum Gasteiger partial charge on any atom is 0.407 e. The zero-order chi connectivity index (χ0) is 59.3. The van der Waals surface area contributed by atoms with Gasteiger partial charge in [-0.1, -0.05) is 42.8 Å². The SMILES string of the molecule is CS(=O)(=O)NC(C(=O)O)c1ccccc1F.Cc1cn2nc([C@@H]3CCCCN3)cc2nc1N1CC[C@H](NC(=O)OC(C)(C)C)C1.Cc1cn2nc([C@@H]3CCCCN3C(=O)C(NS(C)(=O)=O)c3ccccc3F)cc2nc1N1CC[C@H](N)C1. The van der Waals surface area contributed by atoms with E-state index in [9.17, 15) is 40.0 Å². The fourth-order valence-corrected chi connectivity index (χ4v) is 12.0. The van der Waals surface area contributed by atoms with E-state index in [1.165, 1.54) is 49.2 Å². The van der Waals surface area contributed by atoms with Crippen molar-refractivity contribution in [3.8, 4) is 0 Å². The molecule has 2 unspecified atom stereocenters. The summed E-state index contributed by atoms with van der Waals surface area (Å²) < 4.78 is 87.3. The van der Waals surface area contributed by atoms with Gasteiger partial charge in [0.05, 0.1) is 42.0 Å². The number of alkyl carbamates (subject to hydrolysis) is 1. The van der Waals surface area contributed by atoms with Gasteiger partial charge in [-0.25, -0.2) is 49.4 Å². The Morgan fingerprint density at radius 3 is 1.80 bits per heavy atom. The first-order chi connectivity index (χ1) is 38.7. The van der Waals surface area contributed by atoms with E-state index in [0.29, 0.717) is 30.3 Å². The van der Waals surface area contributed by atoms with E-state index in [2.05, 4.69) is 44.3 Å². The van der Waals surface area contributed by atoms with Gasteiger partial charge in [-0.2, -0.15) is 19.6 Å². The number of carboxylic acids is 1. The van der Waals surface area contributed by atoms with Gasteiger partial charge in [0, 0.05) is 85.5 Å². The number of aliphatic carboxylic acids is 1. The van der Waals surface area contributed by atoms with E-state index < -0.39 is 61.2 Å².